The van der Waals surface area contributed by atoms with E-state index in [0.29, 0.717) is 18.5 Å². The lowest BCUT2D eigenvalue weighted by atomic mass is 10.2. The molecule has 0 aliphatic heterocycles. The van der Waals surface area contributed by atoms with Crippen molar-refractivity contribution in [2.24, 2.45) is 0 Å². The molecule has 0 unspecified atom stereocenters. The molecule has 5 nitrogen and oxygen atoms in total. The number of hydrogen-bond donors (Lipinski definition) is 2. The molecule has 2 rings (SSSR count). The highest BCUT2D eigenvalue weighted by Crippen LogP contribution is 2.34. The number of amides is 1. The van der Waals surface area contributed by atoms with Crippen LogP contribution in [-0.4, -0.2) is 16.4 Å². The van der Waals surface area contributed by atoms with Crippen LogP contribution < -0.4 is 11.1 Å². The summed E-state index contributed by atoms with van der Waals surface area (Å²) in [5, 5.41) is 11.4. The van der Waals surface area contributed by atoms with Gasteiger partial charge in [-0.1, -0.05) is 0 Å². The second-order valence-corrected chi connectivity index (χ2v) is 3.62. The maximum absolute atomic E-state index is 11.6. The summed E-state index contributed by atoms with van der Waals surface area (Å²) >= 11 is 0. The summed E-state index contributed by atoms with van der Waals surface area (Å²) in [7, 11) is 0. The summed E-state index contributed by atoms with van der Waals surface area (Å²) in [6, 6.07) is 5.17. The van der Waals surface area contributed by atoms with Crippen LogP contribution in [0.15, 0.2) is 18.3 Å². The highest BCUT2D eigenvalue weighted by Gasteiger charge is 2.44. The zero-order chi connectivity index (χ0) is 10.9. The number of anilines is 1. The van der Waals surface area contributed by atoms with Crippen LogP contribution in [0, 0.1) is 11.3 Å². The van der Waals surface area contributed by atoms with Gasteiger partial charge < -0.3 is 11.1 Å². The first-order chi connectivity index (χ1) is 7.15. The van der Waals surface area contributed by atoms with Gasteiger partial charge in [0.2, 0.25) is 0 Å². The van der Waals surface area contributed by atoms with Gasteiger partial charge in [0, 0.05) is 11.9 Å². The molecule has 1 heterocycles. The standard InChI is InChI=1S/C10H10N4O/c11-6-10(2-3-10)14-9(15)8-5-7(12)1-4-13-8/h1,4-5H,2-3H2,(H2,12,13)(H,14,15). The fourth-order valence-corrected chi connectivity index (χ4v) is 1.24. The lowest BCUT2D eigenvalue weighted by molar-refractivity contribution is 0.0936. The first-order valence-corrected chi connectivity index (χ1v) is 4.60. The lowest BCUT2D eigenvalue weighted by Gasteiger charge is -2.08. The molecule has 0 bridgehead atoms. The Morgan fingerprint density at radius 1 is 1.67 bits per heavy atom. The summed E-state index contributed by atoms with van der Waals surface area (Å²) in [6.07, 6.45) is 2.88. The van der Waals surface area contributed by atoms with Crippen LogP contribution in [0.4, 0.5) is 5.69 Å². The van der Waals surface area contributed by atoms with Gasteiger partial charge >= 0.3 is 0 Å². The molecule has 0 atom stereocenters. The van der Waals surface area contributed by atoms with Gasteiger partial charge in [0.05, 0.1) is 6.07 Å². The monoisotopic (exact) mass is 202 g/mol. The van der Waals surface area contributed by atoms with Crippen molar-refractivity contribution in [3.63, 3.8) is 0 Å². The molecule has 3 N–H and O–H groups in total. The van der Waals surface area contributed by atoms with Crippen molar-refractivity contribution < 1.29 is 4.79 Å². The minimum atomic E-state index is -0.663. The summed E-state index contributed by atoms with van der Waals surface area (Å²) in [4.78, 5) is 15.5. The van der Waals surface area contributed by atoms with E-state index in [2.05, 4.69) is 16.4 Å². The highest BCUT2D eigenvalue weighted by molar-refractivity contribution is 5.94. The molecular formula is C10H10N4O. The maximum Gasteiger partial charge on any atom is 0.271 e. The van der Waals surface area contributed by atoms with Crippen LogP contribution in [0.1, 0.15) is 23.3 Å². The van der Waals surface area contributed by atoms with Gasteiger partial charge in [-0.05, 0) is 25.0 Å². The third-order valence-corrected chi connectivity index (χ3v) is 2.33. The SMILES string of the molecule is N#CC1(NC(=O)c2cc(N)ccn2)CC1. The summed E-state index contributed by atoms with van der Waals surface area (Å²) in [6.45, 7) is 0. The first kappa shape index (κ1) is 9.46. The van der Waals surface area contributed by atoms with Gasteiger partial charge in [-0.15, -0.1) is 0 Å². The number of hydrogen-bond acceptors (Lipinski definition) is 4. The second kappa shape index (κ2) is 3.24. The number of pyridine rings is 1. The average Bonchev–Trinajstić information content (AvgIpc) is 2.98. The Morgan fingerprint density at radius 3 is 2.93 bits per heavy atom. The molecule has 1 fully saturated rings. The van der Waals surface area contributed by atoms with Crippen molar-refractivity contribution in [1.82, 2.24) is 10.3 Å². The number of nitrogens with zero attached hydrogens (tertiary/aromatic N) is 2. The van der Waals surface area contributed by atoms with Crippen molar-refractivity contribution in [1.29, 1.82) is 5.26 Å². The molecule has 1 amide bonds. The Morgan fingerprint density at radius 2 is 2.40 bits per heavy atom. The van der Waals surface area contributed by atoms with E-state index in [1.807, 2.05) is 0 Å². The smallest absolute Gasteiger partial charge is 0.271 e. The van der Waals surface area contributed by atoms with E-state index in [9.17, 15) is 4.79 Å². The molecule has 76 valence electrons. The maximum atomic E-state index is 11.6. The van der Waals surface area contributed by atoms with Crippen LogP contribution in [0.25, 0.3) is 0 Å². The summed E-state index contributed by atoms with van der Waals surface area (Å²) in [5.74, 6) is -0.346. The van der Waals surface area contributed by atoms with E-state index in [-0.39, 0.29) is 11.6 Å². The molecule has 1 aromatic rings. The van der Waals surface area contributed by atoms with Gasteiger partial charge in [0.1, 0.15) is 11.2 Å². The third-order valence-electron chi connectivity index (χ3n) is 2.33. The Balaban J connectivity index is 2.12. The number of nitriles is 1. The lowest BCUT2D eigenvalue weighted by Crippen LogP contribution is -2.36. The molecule has 1 aliphatic rings. The van der Waals surface area contributed by atoms with E-state index in [0.717, 1.165) is 0 Å². The Kier molecular flexibility index (Phi) is 2.05. The number of rotatable bonds is 2. The fourth-order valence-electron chi connectivity index (χ4n) is 1.24. The van der Waals surface area contributed by atoms with E-state index in [1.54, 1.807) is 6.07 Å². The van der Waals surface area contributed by atoms with E-state index >= 15 is 0 Å². The van der Waals surface area contributed by atoms with E-state index < -0.39 is 5.54 Å². The predicted octanol–water partition coefficient (Wildman–Crippen LogP) is 0.450. The molecule has 5 heteroatoms. The van der Waals surface area contributed by atoms with Crippen molar-refractivity contribution in [3.8, 4) is 6.07 Å². The number of aromatic nitrogens is 1. The fraction of sp³-hybridized carbons (Fsp3) is 0.300. The summed E-state index contributed by atoms with van der Waals surface area (Å²) < 4.78 is 0. The Bertz CT molecular complexity index is 445. The van der Waals surface area contributed by atoms with Gasteiger partial charge in [-0.2, -0.15) is 5.26 Å². The van der Waals surface area contributed by atoms with Crippen molar-refractivity contribution in [2.75, 3.05) is 5.73 Å². The van der Waals surface area contributed by atoms with Gasteiger partial charge in [0.15, 0.2) is 0 Å². The molecule has 0 radical (unpaired) electrons. The highest BCUT2D eigenvalue weighted by atomic mass is 16.2. The number of nitrogen functional groups attached to an aromatic ring is 1. The van der Waals surface area contributed by atoms with Gasteiger partial charge in [-0.3, -0.25) is 9.78 Å². The molecule has 1 aliphatic carbocycles. The van der Waals surface area contributed by atoms with Crippen molar-refractivity contribution >= 4 is 11.6 Å². The minimum absolute atomic E-state index is 0.247. The number of carbonyl (C=O) groups excluding carboxylic acids is 1. The number of carbonyl (C=O) groups is 1. The van der Waals surface area contributed by atoms with Crippen molar-refractivity contribution in [3.05, 3.63) is 24.0 Å². The third kappa shape index (κ3) is 1.89. The zero-order valence-corrected chi connectivity index (χ0v) is 8.03. The normalized spacial score (nSPS) is 16.5. The molecule has 1 saturated carbocycles. The zero-order valence-electron chi connectivity index (χ0n) is 8.03. The molecular weight excluding hydrogens is 192 g/mol. The van der Waals surface area contributed by atoms with Crippen LogP contribution in [0.3, 0.4) is 0 Å². The van der Waals surface area contributed by atoms with Crippen molar-refractivity contribution in [2.45, 2.75) is 18.4 Å². The topological polar surface area (TPSA) is 91.8 Å². The first-order valence-electron chi connectivity index (χ1n) is 4.60. The van der Waals surface area contributed by atoms with E-state index in [4.69, 9.17) is 11.0 Å². The molecule has 0 aromatic carbocycles. The minimum Gasteiger partial charge on any atom is -0.399 e. The largest absolute Gasteiger partial charge is 0.399 e. The predicted molar refractivity (Wildman–Crippen MR) is 53.7 cm³/mol. The molecule has 1 aromatic heterocycles. The number of nitrogens with one attached hydrogen (secondary N) is 1. The Hall–Kier alpha value is -2.09. The second-order valence-electron chi connectivity index (χ2n) is 3.62. The van der Waals surface area contributed by atoms with Crippen LogP contribution in [0.5, 0.6) is 0 Å². The quantitative estimate of drug-likeness (QED) is 0.728. The van der Waals surface area contributed by atoms with Crippen LogP contribution in [0.2, 0.25) is 0 Å². The van der Waals surface area contributed by atoms with Crippen LogP contribution in [-0.2, 0) is 0 Å². The summed E-state index contributed by atoms with van der Waals surface area (Å²) in [5.41, 5.74) is 5.59. The molecule has 15 heavy (non-hydrogen) atoms. The number of nitrogens with two attached hydrogens (primary N) is 1. The Labute approximate surface area is 86.9 Å². The van der Waals surface area contributed by atoms with Gasteiger partial charge in [0.25, 0.3) is 5.91 Å². The van der Waals surface area contributed by atoms with Crippen LogP contribution >= 0.6 is 0 Å². The van der Waals surface area contributed by atoms with E-state index in [1.165, 1.54) is 12.3 Å². The molecule has 0 spiro atoms. The molecule has 0 saturated heterocycles. The average molecular weight is 202 g/mol. The van der Waals surface area contributed by atoms with Gasteiger partial charge in [-0.25, -0.2) is 0 Å².